The number of rotatable bonds is 5. The molecule has 0 saturated carbocycles. The molecule has 1 N–H and O–H groups in total. The van der Waals surface area contributed by atoms with Crippen LogP contribution in [0.1, 0.15) is 20.3 Å². The van der Waals surface area contributed by atoms with E-state index in [-0.39, 0.29) is 13.1 Å². The largest absolute Gasteiger partial charge is 0.311 e. The number of hydrogen-bond acceptors (Lipinski definition) is 2. The Morgan fingerprint density at radius 1 is 1.54 bits per heavy atom. The standard InChI is InChI=1S/C9H18F2N2/c1-3-12-6-9(10,11)7-13-5-4-8(13)2/h8,12H,3-7H2,1-2H3. The lowest BCUT2D eigenvalue weighted by molar-refractivity contribution is -0.0601. The number of alkyl halides is 2. The minimum absolute atomic E-state index is 0.0961. The van der Waals surface area contributed by atoms with Crippen molar-refractivity contribution in [3.8, 4) is 0 Å². The monoisotopic (exact) mass is 192 g/mol. The fourth-order valence-electron chi connectivity index (χ4n) is 1.47. The van der Waals surface area contributed by atoms with E-state index < -0.39 is 5.92 Å². The first-order chi connectivity index (χ1) is 6.05. The van der Waals surface area contributed by atoms with Crippen LogP contribution in [0.15, 0.2) is 0 Å². The first kappa shape index (κ1) is 10.9. The lowest BCUT2D eigenvalue weighted by Gasteiger charge is -2.40. The zero-order valence-corrected chi connectivity index (χ0v) is 8.32. The maximum Gasteiger partial charge on any atom is 0.272 e. The third-order valence-electron chi connectivity index (χ3n) is 2.53. The summed E-state index contributed by atoms with van der Waals surface area (Å²) in [6.07, 6.45) is 1.05. The van der Waals surface area contributed by atoms with Gasteiger partial charge in [0, 0.05) is 12.6 Å². The summed E-state index contributed by atoms with van der Waals surface area (Å²) in [7, 11) is 0. The second kappa shape index (κ2) is 4.33. The van der Waals surface area contributed by atoms with Crippen molar-refractivity contribution >= 4 is 0 Å². The van der Waals surface area contributed by atoms with Crippen LogP contribution in [-0.2, 0) is 0 Å². The van der Waals surface area contributed by atoms with Crippen LogP contribution >= 0.6 is 0 Å². The Morgan fingerprint density at radius 2 is 2.23 bits per heavy atom. The average molecular weight is 192 g/mol. The summed E-state index contributed by atoms with van der Waals surface area (Å²) in [4.78, 5) is 1.83. The molecule has 0 aromatic carbocycles. The molecule has 0 aliphatic carbocycles. The van der Waals surface area contributed by atoms with Gasteiger partial charge in [-0.2, -0.15) is 0 Å². The van der Waals surface area contributed by atoms with Crippen molar-refractivity contribution in [1.29, 1.82) is 0 Å². The third kappa shape index (κ3) is 3.19. The number of likely N-dealkylation sites (tertiary alicyclic amines) is 1. The van der Waals surface area contributed by atoms with Gasteiger partial charge in [-0.05, 0) is 19.9 Å². The van der Waals surface area contributed by atoms with E-state index in [9.17, 15) is 8.78 Å². The second-order valence-electron chi connectivity index (χ2n) is 3.74. The normalized spacial score (nSPS) is 24.5. The molecular formula is C9H18F2N2. The molecule has 1 saturated heterocycles. The molecule has 0 spiro atoms. The molecule has 0 aromatic rings. The van der Waals surface area contributed by atoms with E-state index in [1.807, 2.05) is 18.7 Å². The highest BCUT2D eigenvalue weighted by Crippen LogP contribution is 2.22. The van der Waals surface area contributed by atoms with E-state index >= 15 is 0 Å². The molecule has 0 radical (unpaired) electrons. The molecule has 1 unspecified atom stereocenters. The highest BCUT2D eigenvalue weighted by molar-refractivity contribution is 4.84. The van der Waals surface area contributed by atoms with E-state index in [2.05, 4.69) is 5.32 Å². The highest BCUT2D eigenvalue weighted by Gasteiger charge is 2.35. The van der Waals surface area contributed by atoms with Crippen LogP contribution in [-0.4, -0.2) is 43.0 Å². The highest BCUT2D eigenvalue weighted by atomic mass is 19.3. The summed E-state index contributed by atoms with van der Waals surface area (Å²) in [6, 6.07) is 0.340. The van der Waals surface area contributed by atoms with Gasteiger partial charge >= 0.3 is 0 Å². The fraction of sp³-hybridized carbons (Fsp3) is 1.00. The molecule has 0 aromatic heterocycles. The first-order valence-electron chi connectivity index (χ1n) is 4.88. The maximum atomic E-state index is 13.2. The zero-order chi connectivity index (χ0) is 9.90. The maximum absolute atomic E-state index is 13.2. The van der Waals surface area contributed by atoms with Gasteiger partial charge in [-0.25, -0.2) is 8.78 Å². The van der Waals surface area contributed by atoms with Crippen molar-refractivity contribution in [3.05, 3.63) is 0 Å². The van der Waals surface area contributed by atoms with Crippen LogP contribution in [0, 0.1) is 0 Å². The third-order valence-corrected chi connectivity index (χ3v) is 2.53. The Balaban J connectivity index is 2.24. The molecule has 78 valence electrons. The number of nitrogens with one attached hydrogen (secondary N) is 1. The number of nitrogens with zero attached hydrogens (tertiary/aromatic N) is 1. The lowest BCUT2D eigenvalue weighted by Crippen LogP contribution is -2.53. The van der Waals surface area contributed by atoms with Gasteiger partial charge in [-0.15, -0.1) is 0 Å². The van der Waals surface area contributed by atoms with Gasteiger partial charge in [-0.3, -0.25) is 4.90 Å². The summed E-state index contributed by atoms with van der Waals surface area (Å²) in [5.74, 6) is -2.58. The van der Waals surface area contributed by atoms with Crippen molar-refractivity contribution in [2.45, 2.75) is 32.2 Å². The van der Waals surface area contributed by atoms with Crippen molar-refractivity contribution in [2.24, 2.45) is 0 Å². The van der Waals surface area contributed by atoms with Gasteiger partial charge in [0.1, 0.15) is 0 Å². The lowest BCUT2D eigenvalue weighted by atomic mass is 10.0. The first-order valence-corrected chi connectivity index (χ1v) is 4.88. The van der Waals surface area contributed by atoms with E-state index in [4.69, 9.17) is 0 Å². The second-order valence-corrected chi connectivity index (χ2v) is 3.74. The summed E-state index contributed by atoms with van der Waals surface area (Å²) in [5, 5.41) is 2.68. The van der Waals surface area contributed by atoms with Gasteiger partial charge in [0.15, 0.2) is 0 Å². The molecule has 1 aliphatic heterocycles. The molecule has 1 heterocycles. The Labute approximate surface area is 78.3 Å². The molecular weight excluding hydrogens is 174 g/mol. The van der Waals surface area contributed by atoms with Crippen molar-refractivity contribution < 1.29 is 8.78 Å². The molecule has 1 fully saturated rings. The SMILES string of the molecule is CCNCC(F)(F)CN1CCC1C. The van der Waals surface area contributed by atoms with Crippen LogP contribution in [0.2, 0.25) is 0 Å². The predicted molar refractivity (Wildman–Crippen MR) is 49.1 cm³/mol. The minimum Gasteiger partial charge on any atom is -0.311 e. The van der Waals surface area contributed by atoms with Crippen LogP contribution in [0.4, 0.5) is 8.78 Å². The van der Waals surface area contributed by atoms with Gasteiger partial charge in [-0.1, -0.05) is 6.92 Å². The quantitative estimate of drug-likeness (QED) is 0.707. The molecule has 0 bridgehead atoms. The Hall–Kier alpha value is -0.220. The average Bonchev–Trinajstić information content (AvgIpc) is 2.09. The number of hydrogen-bond donors (Lipinski definition) is 1. The molecule has 1 aliphatic rings. The number of halogens is 2. The predicted octanol–water partition coefficient (Wildman–Crippen LogP) is 1.33. The van der Waals surface area contributed by atoms with Crippen LogP contribution in [0.3, 0.4) is 0 Å². The van der Waals surface area contributed by atoms with Crippen LogP contribution < -0.4 is 5.32 Å². The Morgan fingerprint density at radius 3 is 2.62 bits per heavy atom. The smallest absolute Gasteiger partial charge is 0.272 e. The Bertz CT molecular complexity index is 162. The summed E-state index contributed by atoms with van der Waals surface area (Å²) in [6.45, 7) is 4.96. The van der Waals surface area contributed by atoms with Gasteiger partial charge in [0.25, 0.3) is 5.92 Å². The van der Waals surface area contributed by atoms with E-state index in [0.717, 1.165) is 13.0 Å². The molecule has 4 heteroatoms. The van der Waals surface area contributed by atoms with Gasteiger partial charge < -0.3 is 5.32 Å². The Kier molecular flexibility index (Phi) is 3.62. The summed E-state index contributed by atoms with van der Waals surface area (Å²) >= 11 is 0. The fourth-order valence-corrected chi connectivity index (χ4v) is 1.47. The van der Waals surface area contributed by atoms with E-state index in [1.54, 1.807) is 0 Å². The summed E-state index contributed by atoms with van der Waals surface area (Å²) < 4.78 is 26.3. The van der Waals surface area contributed by atoms with Crippen LogP contribution in [0.5, 0.6) is 0 Å². The van der Waals surface area contributed by atoms with Crippen LogP contribution in [0.25, 0.3) is 0 Å². The minimum atomic E-state index is -2.58. The zero-order valence-electron chi connectivity index (χ0n) is 8.32. The van der Waals surface area contributed by atoms with E-state index in [0.29, 0.717) is 12.6 Å². The van der Waals surface area contributed by atoms with Crippen molar-refractivity contribution in [2.75, 3.05) is 26.2 Å². The molecule has 1 atom stereocenters. The molecule has 1 rings (SSSR count). The molecule has 13 heavy (non-hydrogen) atoms. The topological polar surface area (TPSA) is 15.3 Å². The van der Waals surface area contributed by atoms with Gasteiger partial charge in [0.05, 0.1) is 13.1 Å². The van der Waals surface area contributed by atoms with Crippen molar-refractivity contribution in [1.82, 2.24) is 10.2 Å². The van der Waals surface area contributed by atoms with Crippen molar-refractivity contribution in [3.63, 3.8) is 0 Å². The summed E-state index contributed by atoms with van der Waals surface area (Å²) in [5.41, 5.74) is 0. The van der Waals surface area contributed by atoms with E-state index in [1.165, 1.54) is 0 Å². The molecule has 0 amide bonds. The molecule has 2 nitrogen and oxygen atoms in total. The van der Waals surface area contributed by atoms with Gasteiger partial charge in [0.2, 0.25) is 0 Å².